The molecule has 5 saturated heterocycles. The van der Waals surface area contributed by atoms with Crippen LogP contribution in [0.1, 0.15) is 106 Å². The molecule has 14 nitrogen and oxygen atoms in total. The van der Waals surface area contributed by atoms with E-state index in [9.17, 15) is 9.59 Å². The minimum absolute atomic E-state index is 0.0785. The first kappa shape index (κ1) is 42.6. The molecule has 7 aliphatic rings. The topological polar surface area (TPSA) is 149 Å². The summed E-state index contributed by atoms with van der Waals surface area (Å²) in [4.78, 5) is 42.2. The molecule has 354 valence electrons. The van der Waals surface area contributed by atoms with Crippen molar-refractivity contribution in [3.8, 4) is 17.1 Å². The quantitative estimate of drug-likeness (QED) is 0.119. The number of hydrogen-bond donors (Lipinski definition) is 3. The van der Waals surface area contributed by atoms with Crippen LogP contribution in [0.3, 0.4) is 0 Å². The lowest BCUT2D eigenvalue weighted by atomic mass is 9.59. The number of aromatic nitrogens is 6. The van der Waals surface area contributed by atoms with Gasteiger partial charge in [-0.3, -0.25) is 24.7 Å². The summed E-state index contributed by atoms with van der Waals surface area (Å²) in [6.45, 7) is 9.80. The summed E-state index contributed by atoms with van der Waals surface area (Å²) in [7, 11) is 1.96. The zero-order valence-electron chi connectivity index (χ0n) is 39.3. The molecule has 3 atom stereocenters. The molecule has 5 aliphatic heterocycles. The summed E-state index contributed by atoms with van der Waals surface area (Å²) in [6, 6.07) is 16.4. The van der Waals surface area contributed by atoms with E-state index < -0.39 is 0 Å². The molecule has 2 amide bonds. The summed E-state index contributed by atoms with van der Waals surface area (Å²) >= 11 is 0. The number of benzene rings is 3. The number of rotatable bonds is 10. The number of nitrogens with one attached hydrogen (secondary N) is 3. The van der Waals surface area contributed by atoms with Gasteiger partial charge in [0.05, 0.1) is 35.4 Å². The number of ether oxygens (including phenoxy) is 1. The van der Waals surface area contributed by atoms with E-state index in [1.165, 1.54) is 31.2 Å². The van der Waals surface area contributed by atoms with Crippen LogP contribution in [-0.4, -0.2) is 122 Å². The highest BCUT2D eigenvalue weighted by Crippen LogP contribution is 2.53. The molecule has 8 heterocycles. The molecular formula is C53H62FN11O3. The van der Waals surface area contributed by atoms with Crippen LogP contribution in [0, 0.1) is 23.6 Å². The maximum Gasteiger partial charge on any atom is 0.319 e. The van der Waals surface area contributed by atoms with E-state index in [1.54, 1.807) is 6.20 Å². The van der Waals surface area contributed by atoms with Gasteiger partial charge < -0.3 is 24.8 Å². The lowest BCUT2D eigenvalue weighted by molar-refractivity contribution is -0.134. The maximum absolute atomic E-state index is 17.0. The molecule has 3 unspecified atom stereocenters. The van der Waals surface area contributed by atoms with Crippen LogP contribution in [-0.2, 0) is 16.6 Å². The SMILES string of the molecule is Cc1ccc2[nH]ncc2c1-c1ccc2c(N3CC4CCC(C3)N4)nc(OCC3(CN4CCC5(CC4)CC(N4CCC(c6ccc7c(C8CCC(=O)NC8=O)nn(C)c7c6)CC4)C5)CC3)nc2c1F. The Kier molecular flexibility index (Phi) is 10.2. The molecule has 15 heteroatoms. The Labute approximate surface area is 395 Å². The third-order valence-corrected chi connectivity index (χ3v) is 17.7. The highest BCUT2D eigenvalue weighted by Gasteiger charge is 2.51. The number of carbonyl (C=O) groups is 2. The lowest BCUT2D eigenvalue weighted by Gasteiger charge is -2.56. The lowest BCUT2D eigenvalue weighted by Crippen LogP contribution is -2.56. The van der Waals surface area contributed by atoms with E-state index in [0.29, 0.717) is 60.0 Å². The minimum atomic E-state index is -0.382. The number of imide groups is 1. The van der Waals surface area contributed by atoms with Crippen molar-refractivity contribution in [1.29, 1.82) is 0 Å². The number of anilines is 1. The molecule has 3 aromatic heterocycles. The van der Waals surface area contributed by atoms with Gasteiger partial charge in [-0.15, -0.1) is 0 Å². The number of carbonyl (C=O) groups excluding carboxylic acids is 2. The smallest absolute Gasteiger partial charge is 0.319 e. The average molecular weight is 920 g/mol. The van der Waals surface area contributed by atoms with Gasteiger partial charge in [-0.05, 0) is 150 Å². The van der Waals surface area contributed by atoms with Crippen LogP contribution in [0.15, 0.2) is 48.7 Å². The summed E-state index contributed by atoms with van der Waals surface area (Å²) in [6.07, 6.45) is 14.7. The number of hydrogen-bond acceptors (Lipinski definition) is 11. The van der Waals surface area contributed by atoms with Crippen LogP contribution < -0.4 is 20.3 Å². The third-order valence-electron chi connectivity index (χ3n) is 17.7. The molecule has 6 aromatic rings. The van der Waals surface area contributed by atoms with E-state index in [0.717, 1.165) is 134 Å². The number of piperazine rings is 1. The normalized spacial score (nSPS) is 25.5. The van der Waals surface area contributed by atoms with Crippen LogP contribution >= 0.6 is 0 Å². The number of piperidine rings is 3. The van der Waals surface area contributed by atoms with Crippen molar-refractivity contribution in [3.63, 3.8) is 0 Å². The number of nitrogens with zero attached hydrogens (tertiary/aromatic N) is 8. The zero-order valence-corrected chi connectivity index (χ0v) is 39.3. The van der Waals surface area contributed by atoms with E-state index in [1.807, 2.05) is 42.9 Å². The third kappa shape index (κ3) is 7.45. The van der Waals surface area contributed by atoms with Gasteiger partial charge in [-0.2, -0.15) is 20.2 Å². The first-order chi connectivity index (χ1) is 33.1. The Morgan fingerprint density at radius 3 is 2.41 bits per heavy atom. The number of aryl methyl sites for hydroxylation is 2. The fourth-order valence-electron chi connectivity index (χ4n) is 13.5. The van der Waals surface area contributed by atoms with Crippen LogP contribution in [0.2, 0.25) is 0 Å². The number of likely N-dealkylation sites (tertiary alicyclic amines) is 2. The first-order valence-electron chi connectivity index (χ1n) is 25.4. The Morgan fingerprint density at radius 2 is 1.65 bits per heavy atom. The molecule has 2 aliphatic carbocycles. The summed E-state index contributed by atoms with van der Waals surface area (Å²) < 4.78 is 25.6. The molecular weight excluding hydrogens is 858 g/mol. The van der Waals surface area contributed by atoms with Crippen molar-refractivity contribution < 1.29 is 18.7 Å². The molecule has 2 bridgehead atoms. The largest absolute Gasteiger partial charge is 0.463 e. The van der Waals surface area contributed by atoms with Crippen LogP contribution in [0.4, 0.5) is 10.2 Å². The molecule has 3 N–H and O–H groups in total. The molecule has 1 spiro atoms. The van der Waals surface area contributed by atoms with Gasteiger partial charge in [-0.1, -0.05) is 24.3 Å². The average Bonchev–Trinajstić information content (AvgIpc) is 3.58. The highest BCUT2D eigenvalue weighted by molar-refractivity contribution is 6.03. The van der Waals surface area contributed by atoms with Gasteiger partial charge in [0.2, 0.25) is 11.8 Å². The Morgan fingerprint density at radius 1 is 0.868 bits per heavy atom. The second kappa shape index (κ2) is 16.3. The monoisotopic (exact) mass is 920 g/mol. The maximum atomic E-state index is 17.0. The first-order valence-corrected chi connectivity index (χ1v) is 25.4. The highest BCUT2D eigenvalue weighted by atomic mass is 19.1. The summed E-state index contributed by atoms with van der Waals surface area (Å²) in [5.74, 6) is 0.126. The van der Waals surface area contributed by atoms with Gasteiger partial charge in [0.15, 0.2) is 5.82 Å². The van der Waals surface area contributed by atoms with Crippen molar-refractivity contribution >= 4 is 50.3 Å². The fraction of sp³-hybridized carbons (Fsp3) is 0.547. The van der Waals surface area contributed by atoms with Gasteiger partial charge >= 0.3 is 6.01 Å². The van der Waals surface area contributed by atoms with E-state index >= 15 is 4.39 Å². The number of halogens is 1. The minimum Gasteiger partial charge on any atom is -0.463 e. The zero-order chi connectivity index (χ0) is 45.9. The number of amides is 2. The second-order valence-corrected chi connectivity index (χ2v) is 22.0. The predicted molar refractivity (Wildman–Crippen MR) is 259 cm³/mol. The predicted octanol–water partition coefficient (Wildman–Crippen LogP) is 7.25. The van der Waals surface area contributed by atoms with E-state index in [4.69, 9.17) is 19.8 Å². The standard InChI is InChI=1S/C53H62FN11O3/c1-31-3-11-42-41(26-55-60-42)45(31)38-8-9-39-48(46(38)54)58-51(59-49(39)65-27-34-5-6-35(28-65)56-34)68-30-53(15-16-53)29-63-21-17-52(18-22-63)24-36(25-52)64-19-13-32(14-20-64)33-4-7-37-43(23-33)62(2)61-47(37)40-10-12-44(66)57-50(40)67/h3-4,7-9,11,23,26,32,34-36,40,56H,5-6,10,12-22,24-25,27-30H2,1-2H3,(H,55,60)(H,57,66,67). The van der Waals surface area contributed by atoms with Crippen molar-refractivity contribution in [2.75, 3.05) is 57.3 Å². The number of aromatic amines is 1. The summed E-state index contributed by atoms with van der Waals surface area (Å²) in [5, 5.41) is 21.0. The van der Waals surface area contributed by atoms with Crippen LogP contribution in [0.5, 0.6) is 6.01 Å². The number of H-pyrrole nitrogens is 1. The van der Waals surface area contributed by atoms with Crippen molar-refractivity contribution in [3.05, 3.63) is 71.3 Å². The Hall–Kier alpha value is -5.51. The Balaban J connectivity index is 0.635. The summed E-state index contributed by atoms with van der Waals surface area (Å²) in [5.41, 5.74) is 7.27. The molecule has 13 rings (SSSR count). The number of fused-ring (bicyclic) bond motifs is 5. The van der Waals surface area contributed by atoms with Crippen molar-refractivity contribution in [1.82, 2.24) is 50.4 Å². The fourth-order valence-corrected chi connectivity index (χ4v) is 13.5. The van der Waals surface area contributed by atoms with Gasteiger partial charge in [0.25, 0.3) is 0 Å². The van der Waals surface area contributed by atoms with E-state index in [-0.39, 0.29) is 35.0 Å². The molecule has 3 aromatic carbocycles. The van der Waals surface area contributed by atoms with Crippen LogP contribution in [0.25, 0.3) is 43.8 Å². The molecule has 68 heavy (non-hydrogen) atoms. The molecule has 0 radical (unpaired) electrons. The van der Waals surface area contributed by atoms with E-state index in [2.05, 4.69) is 53.7 Å². The molecule has 7 fully saturated rings. The van der Waals surface area contributed by atoms with Crippen molar-refractivity contribution in [2.24, 2.45) is 17.9 Å². The molecule has 2 saturated carbocycles. The van der Waals surface area contributed by atoms with Gasteiger partial charge in [0, 0.05) is 78.4 Å². The van der Waals surface area contributed by atoms with Gasteiger partial charge in [-0.25, -0.2) is 4.39 Å². The van der Waals surface area contributed by atoms with Crippen molar-refractivity contribution in [2.45, 2.75) is 114 Å². The second-order valence-electron chi connectivity index (χ2n) is 22.0. The van der Waals surface area contributed by atoms with Gasteiger partial charge in [0.1, 0.15) is 11.3 Å². The Bertz CT molecular complexity index is 2960.